The number of aromatic hydroxyl groups is 2. The largest absolute Gasteiger partial charge is 0.508 e. The number of ketones is 3. The van der Waals surface area contributed by atoms with Gasteiger partial charge < -0.3 is 10.2 Å². The van der Waals surface area contributed by atoms with Gasteiger partial charge in [0, 0.05) is 54.4 Å². The Morgan fingerprint density at radius 1 is 1.12 bits per heavy atom. The Labute approximate surface area is 205 Å². The maximum atomic E-state index is 13.4. The van der Waals surface area contributed by atoms with Crippen molar-refractivity contribution in [1.82, 2.24) is 0 Å². The van der Waals surface area contributed by atoms with E-state index in [1.165, 1.54) is 12.1 Å². The summed E-state index contributed by atoms with van der Waals surface area (Å²) in [6, 6.07) is 8.45. The first-order valence-electron chi connectivity index (χ1n) is 11.8. The van der Waals surface area contributed by atoms with Crippen molar-refractivity contribution in [3.63, 3.8) is 0 Å². The van der Waals surface area contributed by atoms with E-state index in [0.29, 0.717) is 44.1 Å². The van der Waals surface area contributed by atoms with Gasteiger partial charge in [0.25, 0.3) is 0 Å². The Morgan fingerprint density at radius 2 is 1.85 bits per heavy atom. The minimum atomic E-state index is -0.604. The maximum absolute atomic E-state index is 13.4. The molecule has 1 aromatic carbocycles. The Morgan fingerprint density at radius 3 is 2.50 bits per heavy atom. The molecule has 1 heterocycles. The fourth-order valence-corrected chi connectivity index (χ4v) is 5.52. The van der Waals surface area contributed by atoms with Gasteiger partial charge in [0.15, 0.2) is 0 Å². The van der Waals surface area contributed by atoms with Crippen molar-refractivity contribution in [2.24, 2.45) is 23.7 Å². The van der Waals surface area contributed by atoms with E-state index in [-0.39, 0.29) is 53.5 Å². The zero-order chi connectivity index (χ0) is 24.7. The van der Waals surface area contributed by atoms with E-state index in [1.807, 2.05) is 17.5 Å². The lowest BCUT2D eigenvalue weighted by molar-refractivity contribution is -0.134. The second kappa shape index (κ2) is 12.0. The molecule has 0 aliphatic heterocycles. The molecule has 3 rings (SSSR count). The summed E-state index contributed by atoms with van der Waals surface area (Å²) in [6.07, 6.45) is 8.64. The quantitative estimate of drug-likeness (QED) is 0.364. The first-order chi connectivity index (χ1) is 16.3. The molecule has 0 spiro atoms. The lowest BCUT2D eigenvalue weighted by Gasteiger charge is -2.23. The van der Waals surface area contributed by atoms with Crippen molar-refractivity contribution in [3.8, 4) is 23.8 Å². The third-order valence-electron chi connectivity index (χ3n) is 6.86. The van der Waals surface area contributed by atoms with E-state index in [4.69, 9.17) is 6.42 Å². The monoisotopic (exact) mass is 480 g/mol. The van der Waals surface area contributed by atoms with Crippen LogP contribution in [0, 0.1) is 36.0 Å². The van der Waals surface area contributed by atoms with Gasteiger partial charge in [-0.25, -0.2) is 0 Å². The van der Waals surface area contributed by atoms with Crippen LogP contribution in [0.5, 0.6) is 11.5 Å². The summed E-state index contributed by atoms with van der Waals surface area (Å²) in [6.45, 7) is 1.78. The summed E-state index contributed by atoms with van der Waals surface area (Å²) in [4.78, 5) is 40.7. The molecular formula is C28H32O5S. The van der Waals surface area contributed by atoms with Crippen LogP contribution in [0.25, 0.3) is 0 Å². The molecule has 0 bridgehead atoms. The van der Waals surface area contributed by atoms with Crippen LogP contribution < -0.4 is 0 Å². The van der Waals surface area contributed by atoms with Crippen molar-refractivity contribution in [3.05, 3.63) is 46.2 Å². The summed E-state index contributed by atoms with van der Waals surface area (Å²) in [5.74, 6) is 0.927. The minimum absolute atomic E-state index is 0.00562. The van der Waals surface area contributed by atoms with Gasteiger partial charge in [-0.05, 0) is 54.7 Å². The lowest BCUT2D eigenvalue weighted by Crippen LogP contribution is -2.31. The number of thiophene rings is 1. The molecule has 2 aromatic rings. The standard InChI is InChI=1S/C28H32O5S/c1-3-5-18(2)25(30)17-24-23(12-11-22-6-4-13-34-22)27(32)14-19(15-28(24)33)7-8-20-9-10-21(29)16-26(20)31/h1,4,6,9-10,13,16,18-19,23-24,29,31H,5,7-8,11-12,14-15,17H2,2H3. The van der Waals surface area contributed by atoms with Crippen molar-refractivity contribution < 1.29 is 24.6 Å². The van der Waals surface area contributed by atoms with Crippen LogP contribution in [-0.2, 0) is 27.2 Å². The van der Waals surface area contributed by atoms with Gasteiger partial charge in [-0.15, -0.1) is 23.7 Å². The fraction of sp³-hybridized carbons (Fsp3) is 0.464. The van der Waals surface area contributed by atoms with E-state index >= 15 is 0 Å². The maximum Gasteiger partial charge on any atom is 0.137 e. The number of terminal acetylenes is 1. The van der Waals surface area contributed by atoms with Crippen LogP contribution in [0.3, 0.4) is 0 Å². The molecule has 0 radical (unpaired) electrons. The number of hydrogen-bond acceptors (Lipinski definition) is 6. The summed E-state index contributed by atoms with van der Waals surface area (Å²) in [5, 5.41) is 21.6. The second-order valence-corrected chi connectivity index (χ2v) is 10.4. The van der Waals surface area contributed by atoms with Crippen LogP contribution in [0.2, 0.25) is 0 Å². The summed E-state index contributed by atoms with van der Waals surface area (Å²) in [7, 11) is 0. The van der Waals surface area contributed by atoms with E-state index in [0.717, 1.165) is 4.88 Å². The molecule has 1 aromatic heterocycles. The third kappa shape index (κ3) is 6.80. The van der Waals surface area contributed by atoms with Gasteiger partial charge in [-0.1, -0.05) is 19.1 Å². The molecule has 1 aliphatic rings. The highest BCUT2D eigenvalue weighted by Crippen LogP contribution is 2.36. The molecule has 34 heavy (non-hydrogen) atoms. The number of phenols is 2. The van der Waals surface area contributed by atoms with Crippen molar-refractivity contribution in [2.75, 3.05) is 0 Å². The van der Waals surface area contributed by atoms with Gasteiger partial charge in [0.05, 0.1) is 0 Å². The first kappa shape index (κ1) is 25.7. The molecule has 1 saturated carbocycles. The lowest BCUT2D eigenvalue weighted by atomic mass is 9.78. The van der Waals surface area contributed by atoms with E-state index in [2.05, 4.69) is 5.92 Å². The first-order valence-corrected chi connectivity index (χ1v) is 12.7. The van der Waals surface area contributed by atoms with Crippen LogP contribution in [0.15, 0.2) is 35.7 Å². The highest BCUT2D eigenvalue weighted by Gasteiger charge is 2.39. The number of carbonyl (C=O) groups excluding carboxylic acids is 3. The molecular weight excluding hydrogens is 448 g/mol. The van der Waals surface area contributed by atoms with Gasteiger partial charge in [0.2, 0.25) is 0 Å². The molecule has 0 amide bonds. The van der Waals surface area contributed by atoms with Crippen LogP contribution in [-0.4, -0.2) is 27.6 Å². The Kier molecular flexibility index (Phi) is 9.06. The molecule has 5 nitrogen and oxygen atoms in total. The van der Waals surface area contributed by atoms with Crippen LogP contribution in [0.1, 0.15) is 55.9 Å². The highest BCUT2D eigenvalue weighted by molar-refractivity contribution is 7.09. The number of Topliss-reactive ketones (excluding diaryl/α,β-unsaturated/α-hetero) is 3. The van der Waals surface area contributed by atoms with Gasteiger partial charge in [-0.2, -0.15) is 0 Å². The van der Waals surface area contributed by atoms with Crippen LogP contribution >= 0.6 is 11.3 Å². The number of hydrogen-bond donors (Lipinski definition) is 2. The van der Waals surface area contributed by atoms with Gasteiger partial charge in [0.1, 0.15) is 28.8 Å². The average molecular weight is 481 g/mol. The van der Waals surface area contributed by atoms with Crippen molar-refractivity contribution >= 4 is 28.7 Å². The normalized spacial score (nSPS) is 21.6. The van der Waals surface area contributed by atoms with Gasteiger partial charge >= 0.3 is 0 Å². The highest BCUT2D eigenvalue weighted by atomic mass is 32.1. The number of aryl methyl sites for hydroxylation is 2. The number of phenolic OH excluding ortho intramolecular Hbond substituents is 2. The van der Waals surface area contributed by atoms with Crippen LogP contribution in [0.4, 0.5) is 0 Å². The summed E-state index contributed by atoms with van der Waals surface area (Å²) < 4.78 is 0. The van der Waals surface area contributed by atoms with E-state index < -0.39 is 11.8 Å². The summed E-state index contributed by atoms with van der Waals surface area (Å²) >= 11 is 1.63. The smallest absolute Gasteiger partial charge is 0.137 e. The number of rotatable bonds is 10. The predicted molar refractivity (Wildman–Crippen MR) is 133 cm³/mol. The molecule has 6 heteroatoms. The Balaban J connectivity index is 1.75. The molecule has 180 valence electrons. The zero-order valence-corrected chi connectivity index (χ0v) is 20.4. The Hall–Kier alpha value is -2.91. The van der Waals surface area contributed by atoms with Crippen molar-refractivity contribution in [1.29, 1.82) is 0 Å². The fourth-order valence-electron chi connectivity index (χ4n) is 4.80. The minimum Gasteiger partial charge on any atom is -0.508 e. The molecule has 4 atom stereocenters. The second-order valence-electron chi connectivity index (χ2n) is 9.37. The topological polar surface area (TPSA) is 91.7 Å². The average Bonchev–Trinajstić information content (AvgIpc) is 3.27. The predicted octanol–water partition coefficient (Wildman–Crippen LogP) is 5.12. The molecule has 2 N–H and O–H groups in total. The number of benzene rings is 1. The van der Waals surface area contributed by atoms with E-state index in [9.17, 15) is 24.6 Å². The van der Waals surface area contributed by atoms with E-state index in [1.54, 1.807) is 24.3 Å². The number of carbonyl (C=O) groups is 3. The summed E-state index contributed by atoms with van der Waals surface area (Å²) in [5.41, 5.74) is 0.672. The molecule has 4 unspecified atom stereocenters. The van der Waals surface area contributed by atoms with Crippen molar-refractivity contribution in [2.45, 2.75) is 58.3 Å². The molecule has 0 saturated heterocycles. The molecule has 1 fully saturated rings. The Bertz CT molecular complexity index is 1050. The van der Waals surface area contributed by atoms with Gasteiger partial charge in [-0.3, -0.25) is 14.4 Å². The zero-order valence-electron chi connectivity index (χ0n) is 19.5. The SMILES string of the molecule is C#CCC(C)C(=O)CC1C(=O)CC(CCc2ccc(O)cc2O)CC(=O)C1CCc1cccs1. The molecule has 1 aliphatic carbocycles. The third-order valence-corrected chi connectivity index (χ3v) is 7.80.